The van der Waals surface area contributed by atoms with Gasteiger partial charge in [-0.25, -0.2) is 0 Å². The van der Waals surface area contributed by atoms with Crippen molar-refractivity contribution in [3.8, 4) is 5.75 Å². The Hall–Kier alpha value is -2.06. The molecule has 0 amide bonds. The minimum atomic E-state index is -0.0203. The van der Waals surface area contributed by atoms with Crippen molar-refractivity contribution in [2.45, 2.75) is 37.3 Å². The molecule has 0 fully saturated rings. The van der Waals surface area contributed by atoms with Crippen molar-refractivity contribution in [1.29, 1.82) is 0 Å². The van der Waals surface area contributed by atoms with Crippen LogP contribution in [0.3, 0.4) is 0 Å². The summed E-state index contributed by atoms with van der Waals surface area (Å²) in [6, 6.07) is 7.33. The summed E-state index contributed by atoms with van der Waals surface area (Å²) in [5, 5.41) is 13.6. The molecule has 1 unspecified atom stereocenters. The third-order valence-electron chi connectivity index (χ3n) is 3.55. The predicted molar refractivity (Wildman–Crippen MR) is 94.7 cm³/mol. The standard InChI is InChI=1S/C16H18ClN5O2S/c1-4-13-18-15(24-21-13)10(2)25-16-20-19-14(22(16)3)9-23-12-8-6-5-7-11(12)17/h5-8,10H,4,9H2,1-3H3. The zero-order chi connectivity index (χ0) is 17.8. The van der Waals surface area contributed by atoms with Crippen LogP contribution >= 0.6 is 23.4 Å². The summed E-state index contributed by atoms with van der Waals surface area (Å²) in [6.07, 6.45) is 0.744. The predicted octanol–water partition coefficient (Wildman–Crippen LogP) is 3.85. The van der Waals surface area contributed by atoms with Gasteiger partial charge in [0.15, 0.2) is 16.8 Å². The van der Waals surface area contributed by atoms with Crippen LogP contribution in [0.4, 0.5) is 0 Å². The Balaban J connectivity index is 1.65. The van der Waals surface area contributed by atoms with Gasteiger partial charge in [0, 0.05) is 13.5 Å². The van der Waals surface area contributed by atoms with Crippen LogP contribution in [-0.2, 0) is 20.1 Å². The smallest absolute Gasteiger partial charge is 0.239 e. The lowest BCUT2D eigenvalue weighted by Gasteiger charge is -2.08. The highest BCUT2D eigenvalue weighted by molar-refractivity contribution is 7.99. The van der Waals surface area contributed by atoms with Crippen LogP contribution < -0.4 is 4.74 Å². The molecule has 0 aliphatic rings. The van der Waals surface area contributed by atoms with Gasteiger partial charge in [0.05, 0.1) is 10.3 Å². The second-order valence-electron chi connectivity index (χ2n) is 5.34. The Labute approximate surface area is 154 Å². The molecule has 132 valence electrons. The molecule has 3 rings (SSSR count). The molecule has 0 spiro atoms. The molecule has 0 bridgehead atoms. The van der Waals surface area contributed by atoms with E-state index in [0.717, 1.165) is 11.6 Å². The summed E-state index contributed by atoms with van der Waals surface area (Å²) >= 11 is 7.60. The topological polar surface area (TPSA) is 78.9 Å². The highest BCUT2D eigenvalue weighted by Crippen LogP contribution is 2.33. The quantitative estimate of drug-likeness (QED) is 0.577. The molecular weight excluding hydrogens is 362 g/mol. The molecule has 0 saturated carbocycles. The maximum Gasteiger partial charge on any atom is 0.239 e. The number of para-hydroxylation sites is 1. The number of rotatable bonds is 7. The van der Waals surface area contributed by atoms with Crippen LogP contribution in [0.2, 0.25) is 5.02 Å². The van der Waals surface area contributed by atoms with E-state index >= 15 is 0 Å². The van der Waals surface area contributed by atoms with Gasteiger partial charge in [0.1, 0.15) is 12.4 Å². The number of hydrogen-bond acceptors (Lipinski definition) is 7. The maximum absolute atomic E-state index is 6.09. The summed E-state index contributed by atoms with van der Waals surface area (Å²) in [7, 11) is 1.89. The van der Waals surface area contributed by atoms with Crippen molar-refractivity contribution in [1.82, 2.24) is 24.9 Å². The van der Waals surface area contributed by atoms with Crippen molar-refractivity contribution in [3.63, 3.8) is 0 Å². The monoisotopic (exact) mass is 379 g/mol. The van der Waals surface area contributed by atoms with Crippen LogP contribution in [0.5, 0.6) is 5.75 Å². The first kappa shape index (κ1) is 17.8. The summed E-state index contributed by atoms with van der Waals surface area (Å²) in [5.74, 6) is 2.61. The number of aromatic nitrogens is 5. The van der Waals surface area contributed by atoms with Gasteiger partial charge >= 0.3 is 0 Å². The van der Waals surface area contributed by atoms with E-state index in [0.29, 0.717) is 28.3 Å². The molecule has 2 heterocycles. The van der Waals surface area contributed by atoms with Crippen LogP contribution in [0.15, 0.2) is 33.9 Å². The van der Waals surface area contributed by atoms with Gasteiger partial charge in [-0.2, -0.15) is 4.98 Å². The molecule has 3 aromatic rings. The summed E-state index contributed by atoms with van der Waals surface area (Å²) in [5.41, 5.74) is 0. The van der Waals surface area contributed by atoms with E-state index in [1.165, 1.54) is 11.8 Å². The summed E-state index contributed by atoms with van der Waals surface area (Å²) in [4.78, 5) is 4.35. The highest BCUT2D eigenvalue weighted by atomic mass is 35.5. The summed E-state index contributed by atoms with van der Waals surface area (Å²) in [6.45, 7) is 4.26. The Bertz CT molecular complexity index is 851. The first-order valence-electron chi connectivity index (χ1n) is 7.83. The van der Waals surface area contributed by atoms with E-state index in [9.17, 15) is 0 Å². The Morgan fingerprint density at radius 2 is 2.12 bits per heavy atom. The van der Waals surface area contributed by atoms with Gasteiger partial charge in [-0.3, -0.25) is 0 Å². The van der Waals surface area contributed by atoms with Gasteiger partial charge in [0.25, 0.3) is 0 Å². The molecule has 0 aliphatic carbocycles. The molecule has 1 atom stereocenters. The molecule has 0 aliphatic heterocycles. The van der Waals surface area contributed by atoms with E-state index in [-0.39, 0.29) is 11.9 Å². The molecule has 1 aromatic carbocycles. The van der Waals surface area contributed by atoms with E-state index in [1.807, 2.05) is 43.7 Å². The van der Waals surface area contributed by atoms with E-state index < -0.39 is 0 Å². The number of hydrogen-bond donors (Lipinski definition) is 0. The number of benzene rings is 1. The molecule has 0 saturated heterocycles. The molecule has 7 nitrogen and oxygen atoms in total. The number of aryl methyl sites for hydroxylation is 1. The van der Waals surface area contributed by atoms with Gasteiger partial charge in [-0.15, -0.1) is 10.2 Å². The Kier molecular flexibility index (Phi) is 5.60. The molecule has 2 aromatic heterocycles. The SMILES string of the molecule is CCc1noc(C(C)Sc2nnc(COc3ccccc3Cl)n2C)n1. The zero-order valence-electron chi connectivity index (χ0n) is 14.1. The largest absolute Gasteiger partial charge is 0.484 e. The maximum atomic E-state index is 6.09. The second-order valence-corrected chi connectivity index (χ2v) is 7.05. The third kappa shape index (κ3) is 4.13. The Morgan fingerprint density at radius 1 is 1.32 bits per heavy atom. The zero-order valence-corrected chi connectivity index (χ0v) is 15.7. The highest BCUT2D eigenvalue weighted by Gasteiger charge is 2.19. The lowest BCUT2D eigenvalue weighted by molar-refractivity contribution is 0.290. The van der Waals surface area contributed by atoms with Crippen LogP contribution in [0, 0.1) is 0 Å². The minimum Gasteiger partial charge on any atom is -0.484 e. The van der Waals surface area contributed by atoms with E-state index in [1.54, 1.807) is 6.07 Å². The fourth-order valence-electron chi connectivity index (χ4n) is 2.06. The lowest BCUT2D eigenvalue weighted by atomic mass is 10.3. The van der Waals surface area contributed by atoms with Crippen molar-refractivity contribution in [2.24, 2.45) is 7.05 Å². The van der Waals surface area contributed by atoms with E-state index in [2.05, 4.69) is 20.3 Å². The first-order valence-corrected chi connectivity index (χ1v) is 9.09. The number of ether oxygens (including phenoxy) is 1. The first-order chi connectivity index (χ1) is 12.1. The number of thioether (sulfide) groups is 1. The van der Waals surface area contributed by atoms with Gasteiger partial charge in [-0.1, -0.05) is 47.6 Å². The fourth-order valence-corrected chi connectivity index (χ4v) is 3.12. The molecule has 0 radical (unpaired) electrons. The van der Waals surface area contributed by atoms with Crippen LogP contribution in [-0.4, -0.2) is 24.9 Å². The van der Waals surface area contributed by atoms with Crippen LogP contribution in [0.1, 0.15) is 36.6 Å². The second kappa shape index (κ2) is 7.88. The number of halogens is 1. The Morgan fingerprint density at radius 3 is 2.84 bits per heavy atom. The van der Waals surface area contributed by atoms with Gasteiger partial charge in [0.2, 0.25) is 5.89 Å². The molecule has 25 heavy (non-hydrogen) atoms. The van der Waals surface area contributed by atoms with Crippen molar-refractivity contribution in [2.75, 3.05) is 0 Å². The minimum absolute atomic E-state index is 0.0203. The van der Waals surface area contributed by atoms with Crippen LogP contribution in [0.25, 0.3) is 0 Å². The lowest BCUT2D eigenvalue weighted by Crippen LogP contribution is -2.05. The average Bonchev–Trinajstić information content (AvgIpc) is 3.22. The summed E-state index contributed by atoms with van der Waals surface area (Å²) < 4.78 is 12.9. The molecule has 9 heteroatoms. The third-order valence-corrected chi connectivity index (χ3v) is 4.98. The number of nitrogens with zero attached hydrogens (tertiary/aromatic N) is 5. The van der Waals surface area contributed by atoms with E-state index in [4.69, 9.17) is 20.9 Å². The normalized spacial score (nSPS) is 12.3. The molecule has 0 N–H and O–H groups in total. The molecular formula is C16H18ClN5O2S. The van der Waals surface area contributed by atoms with Crippen molar-refractivity contribution < 1.29 is 9.26 Å². The van der Waals surface area contributed by atoms with Crippen molar-refractivity contribution >= 4 is 23.4 Å². The van der Waals surface area contributed by atoms with Gasteiger partial charge in [-0.05, 0) is 19.1 Å². The van der Waals surface area contributed by atoms with Gasteiger partial charge < -0.3 is 13.8 Å². The van der Waals surface area contributed by atoms with Crippen molar-refractivity contribution in [3.05, 3.63) is 46.8 Å². The fraction of sp³-hybridized carbons (Fsp3) is 0.375. The average molecular weight is 380 g/mol.